The van der Waals surface area contributed by atoms with Crippen molar-refractivity contribution in [3.8, 4) is 11.8 Å². The Labute approximate surface area is 153 Å². The fourth-order valence-electron chi connectivity index (χ4n) is 2.65. The number of rotatable bonds is 3. The molecule has 1 N–H and O–H groups in total. The van der Waals surface area contributed by atoms with Crippen molar-refractivity contribution < 1.29 is 5.11 Å². The Hall–Kier alpha value is -2.53. The first-order valence-electron chi connectivity index (χ1n) is 8.20. The third-order valence-electron chi connectivity index (χ3n) is 4.11. The van der Waals surface area contributed by atoms with Gasteiger partial charge < -0.3 is 5.11 Å². The maximum Gasteiger partial charge on any atom is 0.0968 e. The third kappa shape index (κ3) is 4.51. The molecule has 0 radical (unpaired) electrons. The van der Waals surface area contributed by atoms with Gasteiger partial charge in [-0.1, -0.05) is 83.6 Å². The van der Waals surface area contributed by atoms with Crippen molar-refractivity contribution in [2.24, 2.45) is 0 Å². The van der Waals surface area contributed by atoms with E-state index in [4.69, 9.17) is 11.6 Å². The van der Waals surface area contributed by atoms with Crippen LogP contribution in [-0.2, 0) is 0 Å². The predicted octanol–water partition coefficient (Wildman–Crippen LogP) is 5.52. The van der Waals surface area contributed by atoms with Crippen molar-refractivity contribution in [3.05, 3.63) is 106 Å². The van der Waals surface area contributed by atoms with Crippen LogP contribution >= 0.6 is 11.6 Å². The zero-order chi connectivity index (χ0) is 17.6. The summed E-state index contributed by atoms with van der Waals surface area (Å²) >= 11 is 5.96. The van der Waals surface area contributed by atoms with E-state index in [1.807, 2.05) is 73.7 Å². The summed E-state index contributed by atoms with van der Waals surface area (Å²) in [6, 6.07) is 25.2. The summed E-state index contributed by atoms with van der Waals surface area (Å²) in [5.41, 5.74) is 3.91. The van der Waals surface area contributed by atoms with Gasteiger partial charge in [0.2, 0.25) is 0 Å². The van der Waals surface area contributed by atoms with E-state index in [-0.39, 0.29) is 5.92 Å². The van der Waals surface area contributed by atoms with E-state index in [2.05, 4.69) is 11.8 Å². The quantitative estimate of drug-likeness (QED) is 0.619. The summed E-state index contributed by atoms with van der Waals surface area (Å²) < 4.78 is 0. The van der Waals surface area contributed by atoms with Crippen molar-refractivity contribution in [2.45, 2.75) is 18.9 Å². The number of aliphatic hydroxyl groups excluding tert-OH is 1. The summed E-state index contributed by atoms with van der Waals surface area (Å²) in [6.07, 6.45) is -0.726. The van der Waals surface area contributed by atoms with Gasteiger partial charge in [0, 0.05) is 10.6 Å². The lowest BCUT2D eigenvalue weighted by atomic mass is 9.89. The first-order chi connectivity index (χ1) is 12.1. The third-order valence-corrected chi connectivity index (χ3v) is 4.36. The van der Waals surface area contributed by atoms with E-state index in [1.54, 1.807) is 12.1 Å². The molecule has 0 aliphatic carbocycles. The van der Waals surface area contributed by atoms with Crippen LogP contribution in [0.2, 0.25) is 5.02 Å². The van der Waals surface area contributed by atoms with E-state index < -0.39 is 6.10 Å². The molecule has 0 amide bonds. The Bertz CT molecular complexity index is 871. The average Bonchev–Trinajstić information content (AvgIpc) is 2.64. The smallest absolute Gasteiger partial charge is 0.0968 e. The Morgan fingerprint density at radius 1 is 0.800 bits per heavy atom. The highest BCUT2D eigenvalue weighted by atomic mass is 35.5. The lowest BCUT2D eigenvalue weighted by Gasteiger charge is -2.19. The Kier molecular flexibility index (Phi) is 5.56. The Morgan fingerprint density at radius 3 is 2.04 bits per heavy atom. The topological polar surface area (TPSA) is 20.2 Å². The highest BCUT2D eigenvalue weighted by Crippen LogP contribution is 2.31. The van der Waals surface area contributed by atoms with Gasteiger partial charge in [0.1, 0.15) is 0 Å². The molecule has 3 aromatic rings. The van der Waals surface area contributed by atoms with Gasteiger partial charge in [0.25, 0.3) is 0 Å². The minimum atomic E-state index is -0.726. The lowest BCUT2D eigenvalue weighted by molar-refractivity contribution is 0.165. The molecule has 0 saturated carbocycles. The van der Waals surface area contributed by atoms with Crippen molar-refractivity contribution >= 4 is 11.6 Å². The minimum absolute atomic E-state index is 0.318. The summed E-state index contributed by atoms with van der Waals surface area (Å²) in [6.45, 7) is 2.05. The summed E-state index contributed by atoms with van der Waals surface area (Å²) in [5.74, 6) is 6.12. The van der Waals surface area contributed by atoms with E-state index in [0.717, 1.165) is 16.7 Å². The molecular formula is C23H19ClO. The van der Waals surface area contributed by atoms with E-state index in [0.29, 0.717) is 5.02 Å². The van der Waals surface area contributed by atoms with Gasteiger partial charge >= 0.3 is 0 Å². The summed E-state index contributed by atoms with van der Waals surface area (Å²) in [4.78, 5) is 0. The van der Waals surface area contributed by atoms with Gasteiger partial charge in [-0.3, -0.25) is 0 Å². The van der Waals surface area contributed by atoms with Crippen LogP contribution in [0.3, 0.4) is 0 Å². The zero-order valence-electron chi connectivity index (χ0n) is 14.0. The average molecular weight is 347 g/mol. The molecule has 3 rings (SSSR count). The summed E-state index contributed by atoms with van der Waals surface area (Å²) in [7, 11) is 0. The van der Waals surface area contributed by atoms with E-state index in [1.165, 1.54) is 5.56 Å². The summed E-state index contributed by atoms with van der Waals surface area (Å²) in [5, 5.41) is 11.6. The maximum atomic E-state index is 10.9. The number of aliphatic hydroxyl groups is 1. The van der Waals surface area contributed by atoms with Crippen LogP contribution in [0.4, 0.5) is 0 Å². The lowest BCUT2D eigenvalue weighted by Crippen LogP contribution is -2.09. The first kappa shape index (κ1) is 17.3. The second kappa shape index (κ2) is 8.03. The van der Waals surface area contributed by atoms with Crippen molar-refractivity contribution in [1.29, 1.82) is 0 Å². The first-order valence-corrected chi connectivity index (χ1v) is 8.58. The molecule has 0 fully saturated rings. The molecule has 25 heavy (non-hydrogen) atoms. The predicted molar refractivity (Wildman–Crippen MR) is 104 cm³/mol. The highest BCUT2D eigenvalue weighted by molar-refractivity contribution is 6.30. The molecule has 0 saturated heterocycles. The number of hydrogen-bond donors (Lipinski definition) is 1. The molecule has 0 heterocycles. The molecule has 0 aromatic heterocycles. The standard InChI is InChI=1S/C23H19ClO/c1-17-7-10-19(11-8-17)22(16-9-18-5-3-2-4-6-18)23(25)20-12-14-21(24)15-13-20/h2-8,10-15,22-23,25H,1H3/t22?,23-/m0/s1. The molecule has 2 heteroatoms. The van der Waals surface area contributed by atoms with Crippen molar-refractivity contribution in [1.82, 2.24) is 0 Å². The van der Waals surface area contributed by atoms with Crippen molar-refractivity contribution in [3.63, 3.8) is 0 Å². The van der Waals surface area contributed by atoms with Gasteiger partial charge in [-0.25, -0.2) is 0 Å². The van der Waals surface area contributed by atoms with Crippen LogP contribution in [0, 0.1) is 18.8 Å². The number of aryl methyl sites for hydroxylation is 1. The second-order valence-corrected chi connectivity index (χ2v) is 6.46. The molecular weight excluding hydrogens is 328 g/mol. The maximum absolute atomic E-state index is 10.9. The van der Waals surface area contributed by atoms with E-state index in [9.17, 15) is 5.11 Å². The van der Waals surface area contributed by atoms with Crippen LogP contribution in [0.25, 0.3) is 0 Å². The normalized spacial score (nSPS) is 12.8. The van der Waals surface area contributed by atoms with Crippen LogP contribution in [0.5, 0.6) is 0 Å². The minimum Gasteiger partial charge on any atom is -0.387 e. The van der Waals surface area contributed by atoms with Crippen LogP contribution in [0.1, 0.15) is 34.3 Å². The van der Waals surface area contributed by atoms with Crippen LogP contribution < -0.4 is 0 Å². The fourth-order valence-corrected chi connectivity index (χ4v) is 2.78. The van der Waals surface area contributed by atoms with Crippen LogP contribution in [-0.4, -0.2) is 5.11 Å². The van der Waals surface area contributed by atoms with Crippen LogP contribution in [0.15, 0.2) is 78.9 Å². The number of halogens is 1. The molecule has 0 bridgehead atoms. The zero-order valence-corrected chi connectivity index (χ0v) is 14.7. The SMILES string of the molecule is Cc1ccc(C(C#Cc2ccccc2)[C@@H](O)c2ccc(Cl)cc2)cc1. The van der Waals surface area contributed by atoms with Gasteiger partial charge in [-0.2, -0.15) is 0 Å². The van der Waals surface area contributed by atoms with Gasteiger partial charge in [0.15, 0.2) is 0 Å². The second-order valence-electron chi connectivity index (χ2n) is 6.02. The Balaban J connectivity index is 1.98. The molecule has 1 nitrogen and oxygen atoms in total. The Morgan fingerprint density at radius 2 is 1.40 bits per heavy atom. The van der Waals surface area contributed by atoms with Gasteiger partial charge in [0.05, 0.1) is 12.0 Å². The number of hydrogen-bond acceptors (Lipinski definition) is 1. The van der Waals surface area contributed by atoms with Gasteiger partial charge in [-0.15, -0.1) is 0 Å². The van der Waals surface area contributed by atoms with Gasteiger partial charge in [-0.05, 0) is 42.3 Å². The molecule has 2 atom stereocenters. The molecule has 0 aliphatic heterocycles. The van der Waals surface area contributed by atoms with E-state index >= 15 is 0 Å². The molecule has 1 unspecified atom stereocenters. The molecule has 0 spiro atoms. The number of benzene rings is 3. The molecule has 124 valence electrons. The largest absolute Gasteiger partial charge is 0.387 e. The molecule has 0 aliphatic rings. The monoisotopic (exact) mass is 346 g/mol. The van der Waals surface area contributed by atoms with Crippen molar-refractivity contribution in [2.75, 3.05) is 0 Å². The molecule has 3 aromatic carbocycles. The fraction of sp³-hybridized carbons (Fsp3) is 0.130. The highest BCUT2D eigenvalue weighted by Gasteiger charge is 2.21.